The normalized spacial score (nSPS) is 17.1. The van der Waals surface area contributed by atoms with Gasteiger partial charge < -0.3 is 15.7 Å². The average molecular weight is 282 g/mol. The number of nitrogens with one attached hydrogen (secondary N) is 2. The monoisotopic (exact) mass is 282 g/mol. The molecule has 1 aliphatic rings. The maximum atomic E-state index is 12.4. The van der Waals surface area contributed by atoms with Gasteiger partial charge in [0, 0.05) is 12.2 Å². The van der Waals surface area contributed by atoms with Crippen LogP contribution >= 0.6 is 0 Å². The number of aryl methyl sites for hydroxylation is 1. The smallest absolute Gasteiger partial charge is 0.241 e. The third kappa shape index (κ3) is 2.90. The van der Waals surface area contributed by atoms with E-state index in [1.807, 2.05) is 19.1 Å². The Labute approximate surface area is 123 Å². The van der Waals surface area contributed by atoms with Gasteiger partial charge in [-0.25, -0.2) is 0 Å². The predicted octanol–water partition coefficient (Wildman–Crippen LogP) is 2.35. The van der Waals surface area contributed by atoms with Crippen molar-refractivity contribution in [1.29, 1.82) is 0 Å². The van der Waals surface area contributed by atoms with Crippen LogP contribution in [0.1, 0.15) is 16.7 Å². The molecule has 4 heteroatoms. The molecule has 0 spiro atoms. The van der Waals surface area contributed by atoms with Crippen molar-refractivity contribution >= 4 is 11.6 Å². The third-order valence-corrected chi connectivity index (χ3v) is 3.87. The van der Waals surface area contributed by atoms with E-state index in [-0.39, 0.29) is 17.7 Å². The molecule has 0 radical (unpaired) electrons. The molecule has 108 valence electrons. The number of phenols is 1. The number of hydrogen-bond acceptors (Lipinski definition) is 3. The molecule has 2 aromatic carbocycles. The number of carbonyl (C=O) groups excluding carboxylic acids is 1. The summed E-state index contributed by atoms with van der Waals surface area (Å²) in [6.45, 7) is 2.57. The Kier molecular flexibility index (Phi) is 3.62. The molecule has 0 fully saturated rings. The van der Waals surface area contributed by atoms with E-state index in [1.165, 1.54) is 11.1 Å². The van der Waals surface area contributed by atoms with E-state index in [1.54, 1.807) is 18.2 Å². The molecule has 1 heterocycles. The molecule has 0 saturated heterocycles. The van der Waals surface area contributed by atoms with Gasteiger partial charge in [0.25, 0.3) is 0 Å². The fourth-order valence-corrected chi connectivity index (χ4v) is 2.65. The molecule has 0 saturated carbocycles. The van der Waals surface area contributed by atoms with Crippen LogP contribution in [-0.4, -0.2) is 17.1 Å². The van der Waals surface area contributed by atoms with Gasteiger partial charge in [-0.2, -0.15) is 0 Å². The first-order valence-corrected chi connectivity index (χ1v) is 7.04. The lowest BCUT2D eigenvalue weighted by atomic mass is 9.95. The number of phenolic OH excluding ortho intramolecular Hbond substituents is 1. The number of rotatable bonds is 2. The predicted molar refractivity (Wildman–Crippen MR) is 82.2 cm³/mol. The quantitative estimate of drug-likeness (QED) is 0.741. The number of amides is 1. The molecule has 1 amide bonds. The molecule has 1 aliphatic heterocycles. The summed E-state index contributed by atoms with van der Waals surface area (Å²) < 4.78 is 0. The van der Waals surface area contributed by atoms with Gasteiger partial charge in [-0.05, 0) is 48.2 Å². The Hall–Kier alpha value is -2.33. The molecule has 1 atom stereocenters. The lowest BCUT2D eigenvalue weighted by Crippen LogP contribution is -2.44. The van der Waals surface area contributed by atoms with Gasteiger partial charge in [0.1, 0.15) is 5.75 Å². The summed E-state index contributed by atoms with van der Waals surface area (Å²) in [5.41, 5.74) is 4.05. The summed E-state index contributed by atoms with van der Waals surface area (Å²) in [5, 5.41) is 15.6. The second kappa shape index (κ2) is 5.58. The number of benzene rings is 2. The molecular formula is C17H18N2O2. The average Bonchev–Trinajstić information content (AvgIpc) is 2.49. The van der Waals surface area contributed by atoms with Crippen molar-refractivity contribution in [2.75, 3.05) is 5.32 Å². The largest absolute Gasteiger partial charge is 0.508 e. The Morgan fingerprint density at radius 3 is 2.76 bits per heavy atom. The van der Waals surface area contributed by atoms with E-state index in [9.17, 15) is 9.90 Å². The third-order valence-electron chi connectivity index (χ3n) is 3.87. The van der Waals surface area contributed by atoms with Crippen LogP contribution in [0.25, 0.3) is 0 Å². The van der Waals surface area contributed by atoms with E-state index < -0.39 is 0 Å². The van der Waals surface area contributed by atoms with E-state index in [4.69, 9.17) is 0 Å². The molecule has 3 N–H and O–H groups in total. The van der Waals surface area contributed by atoms with Gasteiger partial charge in [0.2, 0.25) is 5.91 Å². The summed E-state index contributed by atoms with van der Waals surface area (Å²) in [4.78, 5) is 12.4. The highest BCUT2D eigenvalue weighted by Crippen LogP contribution is 2.21. The molecule has 3 rings (SSSR count). The van der Waals surface area contributed by atoms with Crippen molar-refractivity contribution < 1.29 is 9.90 Å². The van der Waals surface area contributed by atoms with Gasteiger partial charge in [0.15, 0.2) is 0 Å². The van der Waals surface area contributed by atoms with Crippen molar-refractivity contribution in [2.45, 2.75) is 25.9 Å². The highest BCUT2D eigenvalue weighted by molar-refractivity contribution is 5.95. The zero-order valence-corrected chi connectivity index (χ0v) is 11.9. The minimum absolute atomic E-state index is 0.0432. The van der Waals surface area contributed by atoms with Gasteiger partial charge in [-0.1, -0.05) is 24.3 Å². The fraction of sp³-hybridized carbons (Fsp3) is 0.235. The standard InChI is InChI=1S/C17H18N2O2/c1-11-8-14(20)6-7-15(11)19-17(21)16-9-12-4-2-3-5-13(12)10-18-16/h2-8,16,18,20H,9-10H2,1H3,(H,19,21). The van der Waals surface area contributed by atoms with Crippen LogP contribution in [0.15, 0.2) is 42.5 Å². The first kappa shape index (κ1) is 13.6. The van der Waals surface area contributed by atoms with Crippen molar-refractivity contribution in [3.8, 4) is 5.75 Å². The van der Waals surface area contributed by atoms with Gasteiger partial charge in [-0.3, -0.25) is 4.79 Å². The van der Waals surface area contributed by atoms with Crippen molar-refractivity contribution in [1.82, 2.24) is 5.32 Å². The molecule has 0 aromatic heterocycles. The molecule has 21 heavy (non-hydrogen) atoms. The number of fused-ring (bicyclic) bond motifs is 1. The highest BCUT2D eigenvalue weighted by Gasteiger charge is 2.24. The van der Waals surface area contributed by atoms with E-state index in [0.29, 0.717) is 13.0 Å². The minimum Gasteiger partial charge on any atom is -0.508 e. The summed E-state index contributed by atoms with van der Waals surface area (Å²) >= 11 is 0. The molecule has 0 aliphatic carbocycles. The number of carbonyl (C=O) groups is 1. The lowest BCUT2D eigenvalue weighted by Gasteiger charge is -2.25. The van der Waals surface area contributed by atoms with E-state index in [2.05, 4.69) is 22.8 Å². The van der Waals surface area contributed by atoms with Crippen molar-refractivity contribution in [3.05, 3.63) is 59.2 Å². The van der Waals surface area contributed by atoms with Crippen LogP contribution < -0.4 is 10.6 Å². The van der Waals surface area contributed by atoms with Gasteiger partial charge >= 0.3 is 0 Å². The van der Waals surface area contributed by atoms with E-state index >= 15 is 0 Å². The fourth-order valence-electron chi connectivity index (χ4n) is 2.65. The Bertz CT molecular complexity index is 682. The number of aromatic hydroxyl groups is 1. The summed E-state index contributed by atoms with van der Waals surface area (Å²) in [5.74, 6) is 0.161. The summed E-state index contributed by atoms with van der Waals surface area (Å²) in [7, 11) is 0. The SMILES string of the molecule is Cc1cc(O)ccc1NC(=O)C1Cc2ccccc2CN1. The van der Waals surface area contributed by atoms with Crippen LogP contribution in [0.3, 0.4) is 0 Å². The van der Waals surface area contributed by atoms with Crippen LogP contribution in [-0.2, 0) is 17.8 Å². The Balaban J connectivity index is 1.72. The van der Waals surface area contributed by atoms with Crippen LogP contribution in [0.4, 0.5) is 5.69 Å². The minimum atomic E-state index is -0.229. The van der Waals surface area contributed by atoms with Gasteiger partial charge in [-0.15, -0.1) is 0 Å². The van der Waals surface area contributed by atoms with Crippen molar-refractivity contribution in [3.63, 3.8) is 0 Å². The second-order valence-electron chi connectivity index (χ2n) is 5.39. The molecule has 4 nitrogen and oxygen atoms in total. The maximum absolute atomic E-state index is 12.4. The second-order valence-corrected chi connectivity index (χ2v) is 5.39. The summed E-state index contributed by atoms with van der Waals surface area (Å²) in [6.07, 6.45) is 0.694. The molecular weight excluding hydrogens is 264 g/mol. The van der Waals surface area contributed by atoms with Gasteiger partial charge in [0.05, 0.1) is 6.04 Å². The van der Waals surface area contributed by atoms with Crippen LogP contribution in [0.5, 0.6) is 5.75 Å². The number of anilines is 1. The zero-order valence-electron chi connectivity index (χ0n) is 11.9. The van der Waals surface area contributed by atoms with Crippen LogP contribution in [0, 0.1) is 6.92 Å². The summed E-state index contributed by atoms with van der Waals surface area (Å²) in [6, 6.07) is 12.9. The zero-order chi connectivity index (χ0) is 14.8. The molecule has 2 aromatic rings. The Morgan fingerprint density at radius 2 is 2.00 bits per heavy atom. The van der Waals surface area contributed by atoms with E-state index in [0.717, 1.165) is 11.3 Å². The lowest BCUT2D eigenvalue weighted by molar-refractivity contribution is -0.118. The topological polar surface area (TPSA) is 61.4 Å². The van der Waals surface area contributed by atoms with Crippen LogP contribution in [0.2, 0.25) is 0 Å². The number of hydrogen-bond donors (Lipinski definition) is 3. The Morgan fingerprint density at radius 1 is 1.24 bits per heavy atom. The first-order chi connectivity index (χ1) is 10.1. The molecule has 1 unspecified atom stereocenters. The maximum Gasteiger partial charge on any atom is 0.241 e. The highest BCUT2D eigenvalue weighted by atomic mass is 16.3. The first-order valence-electron chi connectivity index (χ1n) is 7.04. The van der Waals surface area contributed by atoms with Crippen molar-refractivity contribution in [2.24, 2.45) is 0 Å². The molecule has 0 bridgehead atoms.